The van der Waals surface area contributed by atoms with Crippen molar-refractivity contribution < 1.29 is 19.7 Å². The zero-order chi connectivity index (χ0) is 22.2. The number of aliphatic hydroxyl groups is 1. The van der Waals surface area contributed by atoms with E-state index in [0.29, 0.717) is 29.3 Å². The number of hydrogen-bond donors (Lipinski definition) is 2. The van der Waals surface area contributed by atoms with Gasteiger partial charge in [-0.3, -0.25) is 4.79 Å². The molecule has 1 atom stereocenters. The highest BCUT2D eigenvalue weighted by atomic mass is 16.6. The van der Waals surface area contributed by atoms with E-state index in [9.17, 15) is 19.8 Å². The number of rotatable bonds is 2. The third-order valence-electron chi connectivity index (χ3n) is 7.48. The van der Waals surface area contributed by atoms with Crippen molar-refractivity contribution in [3.8, 4) is 17.1 Å². The predicted octanol–water partition coefficient (Wildman–Crippen LogP) is 3.44. The van der Waals surface area contributed by atoms with Gasteiger partial charge in [0.05, 0.1) is 29.0 Å². The topological polar surface area (TPSA) is 102 Å². The summed E-state index contributed by atoms with van der Waals surface area (Å²) in [7, 11) is 0. The van der Waals surface area contributed by atoms with Crippen LogP contribution >= 0.6 is 0 Å². The Morgan fingerprint density at radius 2 is 1.97 bits per heavy atom. The molecule has 1 saturated carbocycles. The number of benzene rings is 1. The molecule has 2 aromatic heterocycles. The third-order valence-corrected chi connectivity index (χ3v) is 7.48. The van der Waals surface area contributed by atoms with Crippen molar-refractivity contribution in [1.82, 2.24) is 9.55 Å². The average molecular weight is 432 g/mol. The number of aromatic hydroxyl groups is 1. The molecule has 4 heterocycles. The molecule has 1 aliphatic carbocycles. The Bertz CT molecular complexity index is 1370. The van der Waals surface area contributed by atoms with Crippen LogP contribution in [0.5, 0.6) is 5.75 Å². The van der Waals surface area contributed by atoms with Gasteiger partial charge in [0, 0.05) is 16.5 Å². The summed E-state index contributed by atoms with van der Waals surface area (Å²) in [6.45, 7) is 1.95. The van der Waals surface area contributed by atoms with Crippen LogP contribution in [-0.4, -0.2) is 25.7 Å². The maximum absolute atomic E-state index is 13.5. The van der Waals surface area contributed by atoms with E-state index in [4.69, 9.17) is 9.72 Å². The van der Waals surface area contributed by atoms with Crippen molar-refractivity contribution in [3.63, 3.8) is 0 Å². The van der Waals surface area contributed by atoms with Crippen LogP contribution in [0.4, 0.5) is 0 Å². The molecule has 32 heavy (non-hydrogen) atoms. The number of carbonyl (C=O) groups is 1. The SMILES string of the molecule is CCC1(O)C(=O)OCc2c1cc1n(c2=O)Cc2c-1nc1ccc(O)cc1c2C1CCCC1. The molecule has 7 heteroatoms. The Balaban J connectivity index is 1.66. The monoisotopic (exact) mass is 432 g/mol. The lowest BCUT2D eigenvalue weighted by Gasteiger charge is -2.31. The molecule has 1 unspecified atom stereocenters. The first-order valence-corrected chi connectivity index (χ1v) is 11.2. The summed E-state index contributed by atoms with van der Waals surface area (Å²) in [5.41, 5.74) is 2.86. The number of aromatic nitrogens is 2. The number of phenols is 1. The molecule has 0 amide bonds. The molecule has 6 rings (SSSR count). The minimum atomic E-state index is -1.83. The number of fused-ring (bicyclic) bond motifs is 5. The van der Waals surface area contributed by atoms with Gasteiger partial charge in [-0.2, -0.15) is 0 Å². The molecule has 2 N–H and O–H groups in total. The molecular weight excluding hydrogens is 408 g/mol. The summed E-state index contributed by atoms with van der Waals surface area (Å²) in [4.78, 5) is 30.7. The van der Waals surface area contributed by atoms with E-state index in [-0.39, 0.29) is 24.3 Å². The van der Waals surface area contributed by atoms with Crippen LogP contribution in [0.1, 0.15) is 67.2 Å². The van der Waals surface area contributed by atoms with Crippen molar-refractivity contribution in [2.75, 3.05) is 0 Å². The first kappa shape index (κ1) is 19.5. The fraction of sp³-hybridized carbons (Fsp3) is 0.400. The first-order valence-electron chi connectivity index (χ1n) is 11.2. The van der Waals surface area contributed by atoms with Crippen molar-refractivity contribution in [1.29, 1.82) is 0 Å². The van der Waals surface area contributed by atoms with Gasteiger partial charge in [-0.25, -0.2) is 9.78 Å². The summed E-state index contributed by atoms with van der Waals surface area (Å²) >= 11 is 0. The Morgan fingerprint density at radius 3 is 2.72 bits per heavy atom. The summed E-state index contributed by atoms with van der Waals surface area (Å²) in [5, 5.41) is 22.2. The van der Waals surface area contributed by atoms with Gasteiger partial charge < -0.3 is 19.5 Å². The predicted molar refractivity (Wildman–Crippen MR) is 117 cm³/mol. The highest BCUT2D eigenvalue weighted by molar-refractivity contribution is 5.90. The van der Waals surface area contributed by atoms with E-state index in [1.165, 1.54) is 0 Å². The minimum absolute atomic E-state index is 0.117. The lowest BCUT2D eigenvalue weighted by Crippen LogP contribution is -2.44. The van der Waals surface area contributed by atoms with Crippen LogP contribution in [0.2, 0.25) is 0 Å². The average Bonchev–Trinajstić information content (AvgIpc) is 3.44. The Hall–Kier alpha value is -3.19. The number of pyridine rings is 2. The van der Waals surface area contributed by atoms with Crippen molar-refractivity contribution in [3.05, 3.63) is 56.9 Å². The quantitative estimate of drug-likeness (QED) is 0.471. The van der Waals surface area contributed by atoms with E-state index < -0.39 is 11.6 Å². The molecule has 3 aliphatic rings. The summed E-state index contributed by atoms with van der Waals surface area (Å²) in [6.07, 6.45) is 4.58. The Morgan fingerprint density at radius 1 is 1.19 bits per heavy atom. The van der Waals surface area contributed by atoms with E-state index >= 15 is 0 Å². The van der Waals surface area contributed by atoms with Gasteiger partial charge in [0.25, 0.3) is 5.56 Å². The minimum Gasteiger partial charge on any atom is -0.508 e. The second-order valence-corrected chi connectivity index (χ2v) is 9.14. The van der Waals surface area contributed by atoms with Gasteiger partial charge in [-0.15, -0.1) is 0 Å². The molecule has 1 fully saturated rings. The maximum Gasteiger partial charge on any atom is 0.343 e. The number of nitrogens with zero attached hydrogens (tertiary/aromatic N) is 2. The number of hydrogen-bond acceptors (Lipinski definition) is 6. The van der Waals surface area contributed by atoms with Gasteiger partial charge in [-0.1, -0.05) is 19.8 Å². The van der Waals surface area contributed by atoms with Crippen molar-refractivity contribution >= 4 is 16.9 Å². The molecule has 7 nitrogen and oxygen atoms in total. The Labute approximate surface area is 184 Å². The largest absolute Gasteiger partial charge is 0.508 e. The molecule has 0 bridgehead atoms. The first-order chi connectivity index (χ1) is 15.4. The summed E-state index contributed by atoms with van der Waals surface area (Å²) < 4.78 is 6.85. The third kappa shape index (κ3) is 2.48. The summed E-state index contributed by atoms with van der Waals surface area (Å²) in [5.74, 6) is -0.165. The van der Waals surface area contributed by atoms with E-state index in [0.717, 1.165) is 53.4 Å². The highest BCUT2D eigenvalue weighted by Crippen LogP contribution is 2.46. The second-order valence-electron chi connectivity index (χ2n) is 9.14. The molecule has 0 saturated heterocycles. The van der Waals surface area contributed by atoms with E-state index in [1.807, 2.05) is 6.07 Å². The number of carbonyl (C=O) groups excluding carboxylic acids is 1. The fourth-order valence-corrected chi connectivity index (χ4v) is 5.78. The molecular formula is C25H24N2O5. The van der Waals surface area contributed by atoms with Gasteiger partial charge in [0.1, 0.15) is 12.4 Å². The number of cyclic esters (lactones) is 1. The van der Waals surface area contributed by atoms with Crippen LogP contribution in [0.25, 0.3) is 22.3 Å². The smallest absolute Gasteiger partial charge is 0.343 e. The van der Waals surface area contributed by atoms with Crippen molar-refractivity contribution in [2.45, 2.75) is 63.7 Å². The zero-order valence-electron chi connectivity index (χ0n) is 17.9. The lowest BCUT2D eigenvalue weighted by molar-refractivity contribution is -0.172. The molecule has 0 spiro atoms. The van der Waals surface area contributed by atoms with Crippen LogP contribution in [0.3, 0.4) is 0 Å². The maximum atomic E-state index is 13.5. The second kappa shape index (κ2) is 6.65. The molecule has 3 aromatic rings. The van der Waals surface area contributed by atoms with Crippen LogP contribution < -0.4 is 5.56 Å². The normalized spacial score (nSPS) is 22.0. The van der Waals surface area contributed by atoms with Crippen LogP contribution in [0.15, 0.2) is 29.1 Å². The van der Waals surface area contributed by atoms with Gasteiger partial charge in [0.15, 0.2) is 5.60 Å². The highest BCUT2D eigenvalue weighted by Gasteiger charge is 2.45. The molecule has 0 radical (unpaired) electrons. The van der Waals surface area contributed by atoms with Crippen LogP contribution in [-0.2, 0) is 28.3 Å². The molecule has 1 aromatic carbocycles. The Kier molecular flexibility index (Phi) is 4.05. The van der Waals surface area contributed by atoms with Crippen molar-refractivity contribution in [2.24, 2.45) is 0 Å². The number of ether oxygens (including phenoxy) is 1. The standard InChI is InChI=1S/C25H24N2O5/c1-2-25(31)18-10-20-22-16(11-27(20)23(29)17(18)12-32-24(25)30)21(13-5-3-4-6-13)15-9-14(28)7-8-19(15)26-22/h7-10,13,28,31H,2-6,11-12H2,1H3. The van der Waals surface area contributed by atoms with Gasteiger partial charge in [0.2, 0.25) is 0 Å². The van der Waals surface area contributed by atoms with Gasteiger partial charge in [-0.05, 0) is 55.0 Å². The van der Waals surface area contributed by atoms with Crippen LogP contribution in [0, 0.1) is 0 Å². The summed E-state index contributed by atoms with van der Waals surface area (Å²) in [6, 6.07) is 6.96. The van der Waals surface area contributed by atoms with E-state index in [1.54, 1.807) is 29.7 Å². The number of esters is 1. The lowest BCUT2D eigenvalue weighted by atomic mass is 9.85. The fourth-order valence-electron chi connectivity index (χ4n) is 5.78. The zero-order valence-corrected chi connectivity index (χ0v) is 17.9. The van der Waals surface area contributed by atoms with Gasteiger partial charge >= 0.3 is 5.97 Å². The van der Waals surface area contributed by atoms with E-state index in [2.05, 4.69) is 0 Å². The molecule has 164 valence electrons. The number of phenolic OH excluding ortho intramolecular Hbond substituents is 1. The molecule has 2 aliphatic heterocycles.